The van der Waals surface area contributed by atoms with Crippen molar-refractivity contribution in [2.75, 3.05) is 41.4 Å². The van der Waals surface area contributed by atoms with Gasteiger partial charge in [-0.2, -0.15) is 16.7 Å². The van der Waals surface area contributed by atoms with Crippen LogP contribution in [0.5, 0.6) is 0 Å². The van der Waals surface area contributed by atoms with Gasteiger partial charge in [0.05, 0.1) is 5.39 Å². The van der Waals surface area contributed by atoms with Gasteiger partial charge >= 0.3 is 0 Å². The second-order valence-electron chi connectivity index (χ2n) is 5.14. The standard InChI is InChI=1S/C15H22N4S2/c1-3-11-10-12-13(19-6-5-8-20-9-7-19)17-15(16-4-2)18-14(12)21-11/h10H,3-9H2,1-2H3,(H,16,17,18). The Bertz CT molecular complexity index is 603. The molecule has 1 aliphatic heterocycles. The van der Waals surface area contributed by atoms with Gasteiger partial charge in [0.2, 0.25) is 5.95 Å². The Balaban J connectivity index is 2.05. The first kappa shape index (κ1) is 14.9. The normalized spacial score (nSPS) is 16.2. The van der Waals surface area contributed by atoms with E-state index in [9.17, 15) is 0 Å². The number of aryl methyl sites for hydroxylation is 1. The number of aromatic nitrogens is 2. The second-order valence-corrected chi connectivity index (χ2v) is 7.48. The zero-order chi connectivity index (χ0) is 14.7. The molecule has 3 rings (SSSR count). The lowest BCUT2D eigenvalue weighted by atomic mass is 10.3. The topological polar surface area (TPSA) is 41.1 Å². The summed E-state index contributed by atoms with van der Waals surface area (Å²) in [6.07, 6.45) is 2.30. The summed E-state index contributed by atoms with van der Waals surface area (Å²) < 4.78 is 0. The lowest BCUT2D eigenvalue weighted by Gasteiger charge is -2.22. The Kier molecular flexibility index (Phi) is 4.85. The van der Waals surface area contributed by atoms with Crippen LogP contribution in [-0.4, -0.2) is 41.1 Å². The molecule has 0 aromatic carbocycles. The van der Waals surface area contributed by atoms with E-state index in [1.807, 2.05) is 11.8 Å². The van der Waals surface area contributed by atoms with Crippen molar-refractivity contribution in [2.45, 2.75) is 26.7 Å². The molecule has 0 amide bonds. The van der Waals surface area contributed by atoms with Crippen LogP contribution in [0.4, 0.5) is 11.8 Å². The maximum atomic E-state index is 4.80. The second kappa shape index (κ2) is 6.83. The third-order valence-electron chi connectivity index (χ3n) is 3.63. The molecule has 0 unspecified atom stereocenters. The van der Waals surface area contributed by atoms with E-state index in [2.05, 4.69) is 35.1 Å². The molecule has 2 aromatic rings. The van der Waals surface area contributed by atoms with Gasteiger partial charge in [-0.1, -0.05) is 6.92 Å². The first-order valence-electron chi connectivity index (χ1n) is 7.68. The highest BCUT2D eigenvalue weighted by Gasteiger charge is 2.18. The Morgan fingerprint density at radius 2 is 2.14 bits per heavy atom. The summed E-state index contributed by atoms with van der Waals surface area (Å²) in [4.78, 5) is 14.4. The molecule has 114 valence electrons. The number of thiophene rings is 1. The molecule has 21 heavy (non-hydrogen) atoms. The zero-order valence-corrected chi connectivity index (χ0v) is 14.3. The van der Waals surface area contributed by atoms with Gasteiger partial charge in [0, 0.05) is 30.3 Å². The van der Waals surface area contributed by atoms with Crippen molar-refractivity contribution >= 4 is 45.1 Å². The summed E-state index contributed by atoms with van der Waals surface area (Å²) >= 11 is 3.84. The smallest absolute Gasteiger partial charge is 0.226 e. The number of nitrogens with one attached hydrogen (secondary N) is 1. The highest BCUT2D eigenvalue weighted by molar-refractivity contribution is 7.99. The minimum absolute atomic E-state index is 0.765. The summed E-state index contributed by atoms with van der Waals surface area (Å²) in [7, 11) is 0. The third-order valence-corrected chi connectivity index (χ3v) is 5.85. The molecule has 0 saturated carbocycles. The van der Waals surface area contributed by atoms with Crippen LogP contribution in [0, 0.1) is 0 Å². The van der Waals surface area contributed by atoms with Crippen LogP contribution in [0.15, 0.2) is 6.07 Å². The van der Waals surface area contributed by atoms with Gasteiger partial charge in [0.1, 0.15) is 10.6 Å². The summed E-state index contributed by atoms with van der Waals surface area (Å²) in [5.41, 5.74) is 0. The van der Waals surface area contributed by atoms with E-state index in [1.165, 1.54) is 28.2 Å². The van der Waals surface area contributed by atoms with Crippen LogP contribution in [0.25, 0.3) is 10.2 Å². The van der Waals surface area contributed by atoms with E-state index in [-0.39, 0.29) is 0 Å². The van der Waals surface area contributed by atoms with Gasteiger partial charge in [-0.15, -0.1) is 11.3 Å². The Morgan fingerprint density at radius 1 is 1.24 bits per heavy atom. The van der Waals surface area contributed by atoms with E-state index >= 15 is 0 Å². The van der Waals surface area contributed by atoms with Crippen molar-refractivity contribution in [3.05, 3.63) is 10.9 Å². The molecule has 1 aliphatic rings. The van der Waals surface area contributed by atoms with Crippen molar-refractivity contribution in [1.29, 1.82) is 0 Å². The molecular formula is C15H22N4S2. The molecule has 0 atom stereocenters. The van der Waals surface area contributed by atoms with Crippen molar-refractivity contribution in [1.82, 2.24) is 9.97 Å². The largest absolute Gasteiger partial charge is 0.355 e. The monoisotopic (exact) mass is 322 g/mol. The van der Waals surface area contributed by atoms with E-state index < -0.39 is 0 Å². The predicted molar refractivity (Wildman–Crippen MR) is 95.1 cm³/mol. The van der Waals surface area contributed by atoms with Crippen LogP contribution in [0.2, 0.25) is 0 Å². The Hall–Kier alpha value is -1.01. The number of fused-ring (bicyclic) bond motifs is 1. The number of hydrogen-bond acceptors (Lipinski definition) is 6. The molecular weight excluding hydrogens is 300 g/mol. The molecule has 0 spiro atoms. The van der Waals surface area contributed by atoms with Gasteiger partial charge in [-0.3, -0.25) is 0 Å². The van der Waals surface area contributed by atoms with E-state index in [1.54, 1.807) is 11.3 Å². The molecule has 0 aliphatic carbocycles. The molecule has 1 N–H and O–H groups in total. The van der Waals surface area contributed by atoms with Gasteiger partial charge in [0.15, 0.2) is 0 Å². The summed E-state index contributed by atoms with van der Waals surface area (Å²) in [5, 5.41) is 4.50. The average Bonchev–Trinajstić information content (AvgIpc) is 2.72. The van der Waals surface area contributed by atoms with Crippen molar-refractivity contribution in [3.63, 3.8) is 0 Å². The van der Waals surface area contributed by atoms with Gasteiger partial charge in [-0.25, -0.2) is 4.98 Å². The number of thioether (sulfide) groups is 1. The molecule has 2 aromatic heterocycles. The van der Waals surface area contributed by atoms with Crippen molar-refractivity contribution in [3.8, 4) is 0 Å². The van der Waals surface area contributed by atoms with E-state index in [0.29, 0.717) is 0 Å². The minimum Gasteiger partial charge on any atom is -0.355 e. The first-order valence-corrected chi connectivity index (χ1v) is 9.66. The van der Waals surface area contributed by atoms with Crippen molar-refractivity contribution in [2.24, 2.45) is 0 Å². The van der Waals surface area contributed by atoms with E-state index in [4.69, 9.17) is 4.98 Å². The van der Waals surface area contributed by atoms with Gasteiger partial charge < -0.3 is 10.2 Å². The lowest BCUT2D eigenvalue weighted by Crippen LogP contribution is -2.27. The highest BCUT2D eigenvalue weighted by Crippen LogP contribution is 2.33. The van der Waals surface area contributed by atoms with Crippen LogP contribution in [-0.2, 0) is 6.42 Å². The van der Waals surface area contributed by atoms with E-state index in [0.717, 1.165) is 42.7 Å². The molecule has 0 bridgehead atoms. The fraction of sp³-hybridized carbons (Fsp3) is 0.600. The molecule has 0 radical (unpaired) electrons. The SMILES string of the molecule is CCNc1nc(N2CCCSCC2)c2cc(CC)sc2n1. The lowest BCUT2D eigenvalue weighted by molar-refractivity contribution is 0.804. The van der Waals surface area contributed by atoms with Crippen molar-refractivity contribution < 1.29 is 0 Å². The first-order chi connectivity index (χ1) is 10.3. The Labute approximate surface area is 134 Å². The quantitative estimate of drug-likeness (QED) is 0.931. The summed E-state index contributed by atoms with van der Waals surface area (Å²) in [5.74, 6) is 4.33. The molecule has 1 fully saturated rings. The maximum absolute atomic E-state index is 4.80. The number of nitrogens with zero attached hydrogens (tertiary/aromatic N) is 3. The summed E-state index contributed by atoms with van der Waals surface area (Å²) in [6.45, 7) is 7.32. The summed E-state index contributed by atoms with van der Waals surface area (Å²) in [6, 6.07) is 2.28. The number of hydrogen-bond donors (Lipinski definition) is 1. The molecule has 6 heteroatoms. The number of rotatable bonds is 4. The van der Waals surface area contributed by atoms with Gasteiger partial charge in [0.25, 0.3) is 0 Å². The highest BCUT2D eigenvalue weighted by atomic mass is 32.2. The molecule has 4 nitrogen and oxygen atoms in total. The fourth-order valence-corrected chi connectivity index (χ4v) is 4.42. The average molecular weight is 323 g/mol. The van der Waals surface area contributed by atoms with Crippen LogP contribution >= 0.6 is 23.1 Å². The minimum atomic E-state index is 0.765. The van der Waals surface area contributed by atoms with Crippen LogP contribution in [0.3, 0.4) is 0 Å². The predicted octanol–water partition coefficient (Wildman–Crippen LogP) is 3.63. The zero-order valence-electron chi connectivity index (χ0n) is 12.7. The molecule has 3 heterocycles. The number of anilines is 2. The van der Waals surface area contributed by atoms with Crippen LogP contribution in [0.1, 0.15) is 25.1 Å². The van der Waals surface area contributed by atoms with Crippen LogP contribution < -0.4 is 10.2 Å². The van der Waals surface area contributed by atoms with Gasteiger partial charge in [-0.05, 0) is 31.6 Å². The fourth-order valence-electron chi connectivity index (χ4n) is 2.57. The molecule has 1 saturated heterocycles. The maximum Gasteiger partial charge on any atom is 0.226 e. The third kappa shape index (κ3) is 3.26. The Morgan fingerprint density at radius 3 is 2.95 bits per heavy atom.